The van der Waals surface area contributed by atoms with Crippen molar-refractivity contribution in [2.24, 2.45) is 0 Å². The maximum absolute atomic E-state index is 5.45. The molecule has 0 aromatic heterocycles. The number of ether oxygens (including phenoxy) is 1. The third kappa shape index (κ3) is 5.11. The molecule has 0 radical (unpaired) electrons. The van der Waals surface area contributed by atoms with Gasteiger partial charge in [-0.2, -0.15) is 0 Å². The highest BCUT2D eigenvalue weighted by Gasteiger charge is 2.18. The first-order valence-corrected chi connectivity index (χ1v) is 8.86. The molecule has 0 heterocycles. The Kier molecular flexibility index (Phi) is 4.51. The van der Waals surface area contributed by atoms with Gasteiger partial charge in [0.15, 0.2) is 0 Å². The van der Waals surface area contributed by atoms with Crippen molar-refractivity contribution in [3.05, 3.63) is 35.9 Å². The van der Waals surface area contributed by atoms with Crippen LogP contribution in [0.4, 0.5) is 0 Å². The zero-order chi connectivity index (χ0) is 11.3. The van der Waals surface area contributed by atoms with E-state index in [0.717, 1.165) is 6.42 Å². The molecule has 0 spiro atoms. The van der Waals surface area contributed by atoms with Crippen LogP contribution < -0.4 is 4.98 Å². The van der Waals surface area contributed by atoms with Crippen LogP contribution in [0.25, 0.3) is 0 Å². The molecule has 1 N–H and O–H groups in total. The first-order chi connectivity index (χ1) is 7.01. The Morgan fingerprint density at radius 2 is 1.80 bits per heavy atom. The van der Waals surface area contributed by atoms with Gasteiger partial charge in [-0.1, -0.05) is 50.0 Å². The van der Waals surface area contributed by atoms with Crippen LogP contribution in [0.3, 0.4) is 0 Å². The number of benzene rings is 1. The SMILES string of the molecule is COC(Cc1ccccc1)N[Si](C)(C)C. The third-order valence-corrected chi connectivity index (χ3v) is 3.33. The van der Waals surface area contributed by atoms with Gasteiger partial charge in [0.2, 0.25) is 0 Å². The maximum Gasteiger partial charge on any atom is 0.118 e. The van der Waals surface area contributed by atoms with Crippen LogP contribution in [0.2, 0.25) is 19.6 Å². The predicted octanol–water partition coefficient (Wildman–Crippen LogP) is 2.63. The van der Waals surface area contributed by atoms with Crippen LogP contribution in [0, 0.1) is 0 Å². The van der Waals surface area contributed by atoms with Crippen molar-refractivity contribution in [3.8, 4) is 0 Å². The largest absolute Gasteiger partial charge is 0.367 e. The van der Waals surface area contributed by atoms with Gasteiger partial charge in [-0.25, -0.2) is 0 Å². The lowest BCUT2D eigenvalue weighted by Crippen LogP contribution is -2.49. The summed E-state index contributed by atoms with van der Waals surface area (Å²) in [4.78, 5) is 3.57. The van der Waals surface area contributed by atoms with Gasteiger partial charge in [-0.3, -0.25) is 0 Å². The fraction of sp³-hybridized carbons (Fsp3) is 0.500. The van der Waals surface area contributed by atoms with Crippen molar-refractivity contribution in [3.63, 3.8) is 0 Å². The van der Waals surface area contributed by atoms with Gasteiger partial charge < -0.3 is 9.72 Å². The summed E-state index contributed by atoms with van der Waals surface area (Å²) in [5, 5.41) is 0. The number of methoxy groups -OCH3 is 1. The molecule has 0 saturated heterocycles. The van der Waals surface area contributed by atoms with Crippen LogP contribution in [0.5, 0.6) is 0 Å². The normalized spacial score (nSPS) is 13.9. The van der Waals surface area contributed by atoms with E-state index in [9.17, 15) is 0 Å². The highest BCUT2D eigenvalue weighted by atomic mass is 28.3. The second-order valence-electron chi connectivity index (χ2n) is 4.81. The second-order valence-corrected chi connectivity index (χ2v) is 9.60. The standard InChI is InChI=1S/C12H21NOSi/c1-14-12(13-15(2,3)4)10-11-8-6-5-7-9-11/h5-9,12-13H,10H2,1-4H3. The summed E-state index contributed by atoms with van der Waals surface area (Å²) < 4.78 is 5.45. The summed E-state index contributed by atoms with van der Waals surface area (Å²) in [5.74, 6) is 0. The van der Waals surface area contributed by atoms with Crippen molar-refractivity contribution in [2.45, 2.75) is 32.3 Å². The number of hydrogen-bond donors (Lipinski definition) is 1. The molecule has 1 rings (SSSR count). The Balaban J connectivity index is 2.55. The molecule has 84 valence electrons. The van der Waals surface area contributed by atoms with E-state index in [1.54, 1.807) is 7.11 Å². The molecule has 0 amide bonds. The quantitative estimate of drug-likeness (QED) is 0.612. The van der Waals surface area contributed by atoms with Crippen molar-refractivity contribution >= 4 is 8.24 Å². The van der Waals surface area contributed by atoms with Crippen molar-refractivity contribution in [2.75, 3.05) is 7.11 Å². The Morgan fingerprint density at radius 1 is 1.20 bits per heavy atom. The highest BCUT2D eigenvalue weighted by molar-refractivity contribution is 6.73. The van der Waals surface area contributed by atoms with Crippen molar-refractivity contribution in [1.29, 1.82) is 0 Å². The van der Waals surface area contributed by atoms with Gasteiger partial charge in [0.05, 0.1) is 0 Å². The molecule has 0 aliphatic rings. The first kappa shape index (κ1) is 12.4. The number of rotatable bonds is 5. The average molecular weight is 223 g/mol. The van der Waals surface area contributed by atoms with Crippen molar-refractivity contribution < 1.29 is 4.74 Å². The fourth-order valence-corrected chi connectivity index (χ4v) is 2.69. The van der Waals surface area contributed by atoms with E-state index < -0.39 is 8.24 Å². The fourth-order valence-electron chi connectivity index (χ4n) is 1.50. The van der Waals surface area contributed by atoms with Crippen LogP contribution >= 0.6 is 0 Å². The summed E-state index contributed by atoms with van der Waals surface area (Å²) in [6.45, 7) is 6.85. The molecule has 0 saturated carbocycles. The molecule has 1 aromatic rings. The molecule has 1 unspecified atom stereocenters. The molecule has 3 heteroatoms. The van der Waals surface area contributed by atoms with Crippen molar-refractivity contribution in [1.82, 2.24) is 4.98 Å². The lowest BCUT2D eigenvalue weighted by molar-refractivity contribution is 0.0919. The van der Waals surface area contributed by atoms with Gasteiger partial charge in [-0.15, -0.1) is 0 Å². The van der Waals surface area contributed by atoms with E-state index in [2.05, 4.69) is 48.9 Å². The van der Waals surface area contributed by atoms with Crippen LogP contribution in [0.15, 0.2) is 30.3 Å². The zero-order valence-electron chi connectivity index (χ0n) is 10.1. The Labute approximate surface area is 93.7 Å². The minimum atomic E-state index is -1.27. The predicted molar refractivity (Wildman–Crippen MR) is 67.4 cm³/mol. The summed E-state index contributed by atoms with van der Waals surface area (Å²) in [6.07, 6.45) is 1.07. The lowest BCUT2D eigenvalue weighted by Gasteiger charge is -2.26. The molecule has 1 aromatic carbocycles. The van der Waals surface area contributed by atoms with Crippen LogP contribution in [-0.4, -0.2) is 21.6 Å². The summed E-state index contributed by atoms with van der Waals surface area (Å²) >= 11 is 0. The second kappa shape index (κ2) is 5.44. The number of nitrogens with one attached hydrogen (secondary N) is 1. The molecule has 2 nitrogen and oxygen atoms in total. The summed E-state index contributed by atoms with van der Waals surface area (Å²) in [7, 11) is 0.495. The minimum Gasteiger partial charge on any atom is -0.367 e. The molecule has 1 atom stereocenters. The summed E-state index contributed by atoms with van der Waals surface area (Å²) in [6, 6.07) is 10.4. The van der Waals surface area contributed by atoms with E-state index in [1.807, 2.05) is 6.07 Å². The molecule has 0 bridgehead atoms. The van der Waals surface area contributed by atoms with Crippen LogP contribution in [0.1, 0.15) is 5.56 Å². The van der Waals surface area contributed by atoms with E-state index in [4.69, 9.17) is 4.74 Å². The average Bonchev–Trinajstić information content (AvgIpc) is 2.16. The van der Waals surface area contributed by atoms with Gasteiger partial charge in [0.25, 0.3) is 0 Å². The van der Waals surface area contributed by atoms with E-state index in [-0.39, 0.29) is 6.23 Å². The molecule has 0 aliphatic heterocycles. The molecular formula is C12H21NOSi. The van der Waals surface area contributed by atoms with Gasteiger partial charge in [0, 0.05) is 13.5 Å². The van der Waals surface area contributed by atoms with E-state index in [1.165, 1.54) is 5.56 Å². The lowest BCUT2D eigenvalue weighted by atomic mass is 10.1. The molecular weight excluding hydrogens is 202 g/mol. The smallest absolute Gasteiger partial charge is 0.118 e. The third-order valence-electron chi connectivity index (χ3n) is 2.14. The van der Waals surface area contributed by atoms with E-state index in [0.29, 0.717) is 0 Å². The first-order valence-electron chi connectivity index (χ1n) is 5.36. The van der Waals surface area contributed by atoms with Gasteiger partial charge in [0.1, 0.15) is 14.5 Å². The monoisotopic (exact) mass is 223 g/mol. The maximum atomic E-state index is 5.45. The Bertz CT molecular complexity index is 281. The molecule has 0 fully saturated rings. The molecule has 0 aliphatic carbocycles. The number of hydrogen-bond acceptors (Lipinski definition) is 2. The van der Waals surface area contributed by atoms with Gasteiger partial charge in [-0.05, 0) is 5.56 Å². The molecule has 15 heavy (non-hydrogen) atoms. The van der Waals surface area contributed by atoms with Gasteiger partial charge >= 0.3 is 0 Å². The Hall–Kier alpha value is -0.643. The summed E-state index contributed by atoms with van der Waals surface area (Å²) in [5.41, 5.74) is 1.31. The van der Waals surface area contributed by atoms with E-state index >= 15 is 0 Å². The Morgan fingerprint density at radius 3 is 2.27 bits per heavy atom. The topological polar surface area (TPSA) is 21.3 Å². The zero-order valence-corrected chi connectivity index (χ0v) is 11.1. The highest BCUT2D eigenvalue weighted by Crippen LogP contribution is 2.06. The van der Waals surface area contributed by atoms with Crippen LogP contribution in [-0.2, 0) is 11.2 Å². The minimum absolute atomic E-state index is 0.138.